The Hall–Kier alpha value is -7.63. The van der Waals surface area contributed by atoms with Crippen LogP contribution < -0.4 is 15.8 Å². The molecule has 62 heavy (non-hydrogen) atoms. The lowest BCUT2D eigenvalue weighted by molar-refractivity contribution is 0.436. The molecular weight excluding hydrogens is 755 g/mol. The zero-order chi connectivity index (χ0) is 41.5. The monoisotopic (exact) mass is 797 g/mol. The van der Waals surface area contributed by atoms with Crippen molar-refractivity contribution in [2.75, 3.05) is 0 Å². The highest BCUT2D eigenvalue weighted by Gasteiger charge is 2.51. The van der Waals surface area contributed by atoms with Crippen molar-refractivity contribution in [3.63, 3.8) is 0 Å². The minimum Gasteiger partial charge on any atom is -0.457 e. The van der Waals surface area contributed by atoms with E-state index in [4.69, 9.17) is 15.5 Å². The standard InChI is InChI=1S/C58H43N3O/c59-56(61-57(43-19-8-3-9-20-43)60-38-39-27-29-42(30-28-39)40-15-4-1-5-16-40)47-22-14-21-44(35-47)46-32-34-49-48-33-31-45(41-17-6-2-7-18-41)36-52(48)58(53(49)37-46)50-23-10-12-25-54(50)62-55-26-13-11-24-51(55)58/h1-38,56-57,61H,59H2/b60-38+. The highest BCUT2D eigenvalue weighted by Crippen LogP contribution is 2.62. The Morgan fingerprint density at radius 1 is 0.419 bits per heavy atom. The fourth-order valence-electron chi connectivity index (χ4n) is 9.48. The predicted molar refractivity (Wildman–Crippen MR) is 253 cm³/mol. The molecule has 2 unspecified atom stereocenters. The number of fused-ring (bicyclic) bond motifs is 9. The molecule has 1 heterocycles. The van der Waals surface area contributed by atoms with Crippen LogP contribution in [-0.4, -0.2) is 6.21 Å². The Morgan fingerprint density at radius 2 is 0.871 bits per heavy atom. The van der Waals surface area contributed by atoms with E-state index in [1.807, 2.05) is 30.5 Å². The van der Waals surface area contributed by atoms with E-state index in [0.717, 1.165) is 50.4 Å². The van der Waals surface area contributed by atoms with Crippen LogP contribution >= 0.6 is 0 Å². The molecule has 0 bridgehead atoms. The molecule has 9 aromatic rings. The summed E-state index contributed by atoms with van der Waals surface area (Å²) in [6, 6.07) is 79.4. The molecule has 0 aromatic heterocycles. The number of hydrogen-bond donors (Lipinski definition) is 2. The lowest BCUT2D eigenvalue weighted by Gasteiger charge is -2.39. The van der Waals surface area contributed by atoms with Gasteiger partial charge in [-0.3, -0.25) is 10.3 Å². The van der Waals surface area contributed by atoms with Crippen LogP contribution in [0.15, 0.2) is 229 Å². The number of nitrogens with two attached hydrogens (primary N) is 1. The summed E-state index contributed by atoms with van der Waals surface area (Å²) < 4.78 is 6.66. The van der Waals surface area contributed by atoms with Crippen molar-refractivity contribution in [2.24, 2.45) is 10.7 Å². The van der Waals surface area contributed by atoms with Crippen molar-refractivity contribution in [3.05, 3.63) is 263 Å². The number of benzene rings is 9. The van der Waals surface area contributed by atoms with E-state index in [1.54, 1.807) is 0 Å². The molecule has 0 amide bonds. The van der Waals surface area contributed by atoms with Crippen LogP contribution in [-0.2, 0) is 5.41 Å². The maximum Gasteiger partial charge on any atom is 0.132 e. The number of aliphatic imine (C=N–C) groups is 1. The second kappa shape index (κ2) is 15.8. The van der Waals surface area contributed by atoms with Gasteiger partial charge in [-0.05, 0) is 103 Å². The van der Waals surface area contributed by atoms with Crippen molar-refractivity contribution in [3.8, 4) is 56.0 Å². The molecule has 0 saturated carbocycles. The second-order valence-electron chi connectivity index (χ2n) is 16.1. The van der Waals surface area contributed by atoms with Gasteiger partial charge in [-0.25, -0.2) is 0 Å². The molecule has 0 fully saturated rings. The van der Waals surface area contributed by atoms with Crippen LogP contribution in [0.1, 0.15) is 51.3 Å². The average molecular weight is 798 g/mol. The third-order valence-corrected chi connectivity index (χ3v) is 12.5. The van der Waals surface area contributed by atoms with Gasteiger partial charge in [0.1, 0.15) is 17.7 Å². The fourth-order valence-corrected chi connectivity index (χ4v) is 9.48. The largest absolute Gasteiger partial charge is 0.457 e. The maximum atomic E-state index is 7.06. The van der Waals surface area contributed by atoms with Crippen molar-refractivity contribution in [1.82, 2.24) is 5.32 Å². The summed E-state index contributed by atoms with van der Waals surface area (Å²) in [5.74, 6) is 1.75. The molecule has 2 atom stereocenters. The number of para-hydroxylation sites is 2. The summed E-state index contributed by atoms with van der Waals surface area (Å²) in [4.78, 5) is 5.06. The molecule has 0 saturated heterocycles. The van der Waals surface area contributed by atoms with E-state index < -0.39 is 11.6 Å². The van der Waals surface area contributed by atoms with Gasteiger partial charge in [0.05, 0.1) is 11.6 Å². The molecule has 0 radical (unpaired) electrons. The maximum absolute atomic E-state index is 7.06. The molecule has 296 valence electrons. The van der Waals surface area contributed by atoms with Gasteiger partial charge >= 0.3 is 0 Å². The van der Waals surface area contributed by atoms with Gasteiger partial charge in [0.15, 0.2) is 0 Å². The quantitative estimate of drug-likeness (QED) is 0.113. The zero-order valence-corrected chi connectivity index (χ0v) is 34.0. The molecule has 1 aliphatic heterocycles. The van der Waals surface area contributed by atoms with Gasteiger partial charge in [-0.1, -0.05) is 194 Å². The van der Waals surface area contributed by atoms with Crippen LogP contribution in [0.3, 0.4) is 0 Å². The third-order valence-electron chi connectivity index (χ3n) is 12.5. The number of ether oxygens (including phenoxy) is 1. The van der Waals surface area contributed by atoms with E-state index >= 15 is 0 Å². The summed E-state index contributed by atoms with van der Waals surface area (Å²) in [7, 11) is 0. The first kappa shape index (κ1) is 37.4. The van der Waals surface area contributed by atoms with Gasteiger partial charge in [-0.2, -0.15) is 0 Å². The van der Waals surface area contributed by atoms with Crippen LogP contribution in [0.5, 0.6) is 11.5 Å². The topological polar surface area (TPSA) is 59.6 Å². The van der Waals surface area contributed by atoms with E-state index in [1.165, 1.54) is 44.5 Å². The summed E-state index contributed by atoms with van der Waals surface area (Å²) >= 11 is 0. The molecule has 2 aliphatic rings. The summed E-state index contributed by atoms with van der Waals surface area (Å²) in [6.07, 6.45) is 1.07. The molecule has 9 aromatic carbocycles. The highest BCUT2D eigenvalue weighted by atomic mass is 16.5. The van der Waals surface area contributed by atoms with E-state index in [0.29, 0.717) is 0 Å². The van der Waals surface area contributed by atoms with Gasteiger partial charge in [0.25, 0.3) is 0 Å². The number of hydrogen-bond acceptors (Lipinski definition) is 4. The first-order valence-electron chi connectivity index (χ1n) is 21.2. The molecule has 4 nitrogen and oxygen atoms in total. The van der Waals surface area contributed by atoms with Crippen LogP contribution in [0.25, 0.3) is 44.5 Å². The predicted octanol–water partition coefficient (Wildman–Crippen LogP) is 13.5. The van der Waals surface area contributed by atoms with Crippen LogP contribution in [0, 0.1) is 0 Å². The SMILES string of the molecule is NC(NC(/N=C/c1ccc(-c2ccccc2)cc1)c1ccccc1)c1cccc(-c2ccc3c(c2)C2(c4ccccc4Oc4ccccc42)c2cc(-c4ccccc4)ccc2-3)c1. The van der Waals surface area contributed by atoms with Gasteiger partial charge < -0.3 is 10.5 Å². The average Bonchev–Trinajstić information content (AvgIpc) is 3.63. The highest BCUT2D eigenvalue weighted by molar-refractivity contribution is 5.92. The Balaban J connectivity index is 0.964. The Labute approximate surface area is 362 Å². The van der Waals surface area contributed by atoms with Gasteiger partial charge in [-0.15, -0.1) is 0 Å². The van der Waals surface area contributed by atoms with Crippen molar-refractivity contribution >= 4 is 6.21 Å². The lowest BCUT2D eigenvalue weighted by Crippen LogP contribution is -2.32. The molecule has 1 spiro atoms. The minimum atomic E-state index is -0.602. The number of nitrogens with one attached hydrogen (secondary N) is 1. The summed E-state index contributed by atoms with van der Waals surface area (Å²) in [5.41, 5.74) is 23.7. The third kappa shape index (κ3) is 6.54. The lowest BCUT2D eigenvalue weighted by atomic mass is 9.65. The molecule has 11 rings (SSSR count). The van der Waals surface area contributed by atoms with Crippen molar-refractivity contribution in [1.29, 1.82) is 0 Å². The summed E-state index contributed by atoms with van der Waals surface area (Å²) in [6.45, 7) is 0. The number of rotatable bonds is 9. The fraction of sp³-hybridized carbons (Fsp3) is 0.0517. The minimum absolute atomic E-state index is 0.364. The molecule has 4 heteroatoms. The van der Waals surface area contributed by atoms with Crippen molar-refractivity contribution in [2.45, 2.75) is 17.7 Å². The Bertz CT molecular complexity index is 3040. The Kier molecular flexibility index (Phi) is 9.50. The van der Waals surface area contributed by atoms with Crippen LogP contribution in [0.2, 0.25) is 0 Å². The van der Waals surface area contributed by atoms with E-state index in [9.17, 15) is 0 Å². The molecule has 1 aliphatic carbocycles. The number of nitrogens with zero attached hydrogens (tertiary/aromatic N) is 1. The second-order valence-corrected chi connectivity index (χ2v) is 16.1. The first-order valence-corrected chi connectivity index (χ1v) is 21.2. The molecular formula is C58H43N3O. The van der Waals surface area contributed by atoms with E-state index in [2.05, 4.69) is 206 Å². The summed E-state index contributed by atoms with van der Waals surface area (Å²) in [5, 5.41) is 3.64. The van der Waals surface area contributed by atoms with Crippen LogP contribution in [0.4, 0.5) is 0 Å². The molecule has 3 N–H and O–H groups in total. The van der Waals surface area contributed by atoms with E-state index in [-0.39, 0.29) is 6.17 Å². The van der Waals surface area contributed by atoms with Gasteiger partial charge in [0.2, 0.25) is 0 Å². The smallest absolute Gasteiger partial charge is 0.132 e. The first-order chi connectivity index (χ1) is 30.6. The van der Waals surface area contributed by atoms with Gasteiger partial charge in [0, 0.05) is 17.3 Å². The Morgan fingerprint density at radius 3 is 1.48 bits per heavy atom. The van der Waals surface area contributed by atoms with Crippen molar-refractivity contribution < 1.29 is 4.74 Å². The zero-order valence-electron chi connectivity index (χ0n) is 34.0. The normalized spacial score (nSPS) is 14.0.